The molecule has 4 rings (SSSR count). The zero-order chi connectivity index (χ0) is 19.3. The summed E-state index contributed by atoms with van der Waals surface area (Å²) in [5.74, 6) is -0.644. The Morgan fingerprint density at radius 1 is 1.22 bits per heavy atom. The zero-order valence-corrected chi connectivity index (χ0v) is 15.6. The van der Waals surface area contributed by atoms with Gasteiger partial charge < -0.3 is 5.73 Å². The summed E-state index contributed by atoms with van der Waals surface area (Å²) in [4.78, 5) is 2.29. The molecule has 1 aromatic carbocycles. The van der Waals surface area contributed by atoms with Crippen LogP contribution in [0.15, 0.2) is 47.2 Å². The van der Waals surface area contributed by atoms with Gasteiger partial charge in [-0.25, -0.2) is 0 Å². The van der Waals surface area contributed by atoms with Gasteiger partial charge in [0, 0.05) is 28.9 Å². The highest BCUT2D eigenvalue weighted by Crippen LogP contribution is 2.58. The molecule has 0 saturated carbocycles. The van der Waals surface area contributed by atoms with Gasteiger partial charge in [0.2, 0.25) is 0 Å². The fourth-order valence-corrected chi connectivity index (χ4v) is 5.36. The lowest BCUT2D eigenvalue weighted by molar-refractivity contribution is 0.160. The summed E-state index contributed by atoms with van der Waals surface area (Å²) >= 11 is 6.23. The number of halogens is 1. The highest BCUT2D eigenvalue weighted by molar-refractivity contribution is 6.30. The highest BCUT2D eigenvalue weighted by Gasteiger charge is 2.58. The first kappa shape index (κ1) is 17.6. The van der Waals surface area contributed by atoms with E-state index < -0.39 is 11.3 Å². The number of nitrogens with two attached hydrogens (primary N) is 1. The number of nitriles is 3. The largest absolute Gasteiger partial charge is 0.399 e. The first-order valence-electron chi connectivity index (χ1n) is 8.90. The van der Waals surface area contributed by atoms with Crippen molar-refractivity contribution in [2.24, 2.45) is 17.1 Å². The van der Waals surface area contributed by atoms with Gasteiger partial charge in [-0.05, 0) is 43.2 Å². The van der Waals surface area contributed by atoms with Crippen LogP contribution in [0.5, 0.6) is 0 Å². The van der Waals surface area contributed by atoms with Crippen LogP contribution in [0, 0.1) is 45.3 Å². The van der Waals surface area contributed by atoms with E-state index in [4.69, 9.17) is 17.3 Å². The Bertz CT molecular complexity index is 989. The predicted molar refractivity (Wildman–Crippen MR) is 101 cm³/mol. The molecule has 1 aromatic rings. The monoisotopic (exact) mass is 375 g/mol. The molecule has 1 aliphatic carbocycles. The average Bonchev–Trinajstić information content (AvgIpc) is 2.90. The molecule has 27 heavy (non-hydrogen) atoms. The summed E-state index contributed by atoms with van der Waals surface area (Å²) in [5, 5.41) is 30.5. The summed E-state index contributed by atoms with van der Waals surface area (Å²) in [6, 6.07) is 14.2. The Morgan fingerprint density at radius 3 is 2.59 bits per heavy atom. The van der Waals surface area contributed by atoms with Crippen LogP contribution in [0.4, 0.5) is 0 Å². The minimum absolute atomic E-state index is 0.0615. The average molecular weight is 376 g/mol. The van der Waals surface area contributed by atoms with Gasteiger partial charge in [-0.2, -0.15) is 15.8 Å². The van der Waals surface area contributed by atoms with E-state index >= 15 is 0 Å². The summed E-state index contributed by atoms with van der Waals surface area (Å²) in [6.45, 7) is 0. The predicted octanol–water partition coefficient (Wildman–Crippen LogP) is 3.23. The molecular formula is C21H18ClN5. The van der Waals surface area contributed by atoms with Gasteiger partial charge in [0.1, 0.15) is 6.07 Å². The fraction of sp³-hybridized carbons (Fsp3) is 0.381. The topological polar surface area (TPSA) is 101 Å². The highest BCUT2D eigenvalue weighted by atomic mass is 35.5. The van der Waals surface area contributed by atoms with Gasteiger partial charge in [-0.1, -0.05) is 29.8 Å². The first-order valence-corrected chi connectivity index (χ1v) is 9.28. The number of likely N-dealkylation sites (N-methyl/N-ethyl adjacent to an activating group) is 1. The zero-order valence-electron chi connectivity index (χ0n) is 14.9. The second-order valence-electron chi connectivity index (χ2n) is 7.49. The summed E-state index contributed by atoms with van der Waals surface area (Å²) in [5.41, 5.74) is 6.78. The van der Waals surface area contributed by atoms with Crippen LogP contribution in [-0.4, -0.2) is 24.0 Å². The Balaban J connectivity index is 2.06. The standard InChI is InChI=1S/C21H18ClN5/c1-27-14-5-6-17(27)18-15(8-14)16(9-23)20(26)21(10-24,11-25)19(18)12-3-2-4-13(22)7-12/h2-4,7-8,14,17-19H,5-6,26H2,1H3/t14-,17-,18+,19-/m1/s1. The molecule has 0 aromatic heterocycles. The van der Waals surface area contributed by atoms with Crippen LogP contribution in [0.3, 0.4) is 0 Å². The molecule has 1 saturated heterocycles. The lowest BCUT2D eigenvalue weighted by Gasteiger charge is -2.48. The Kier molecular flexibility index (Phi) is 4.01. The second-order valence-corrected chi connectivity index (χ2v) is 7.93. The molecule has 5 nitrogen and oxygen atoms in total. The summed E-state index contributed by atoms with van der Waals surface area (Å²) in [6.07, 6.45) is 4.05. The molecule has 1 fully saturated rings. The molecule has 134 valence electrons. The van der Waals surface area contributed by atoms with E-state index in [-0.39, 0.29) is 23.7 Å². The van der Waals surface area contributed by atoms with Crippen LogP contribution in [-0.2, 0) is 0 Å². The number of fused-ring (bicyclic) bond motifs is 4. The minimum atomic E-state index is -1.60. The van der Waals surface area contributed by atoms with E-state index in [1.165, 1.54) is 0 Å². The number of allylic oxidation sites excluding steroid dienone is 2. The third-order valence-electron chi connectivity index (χ3n) is 6.43. The van der Waals surface area contributed by atoms with E-state index in [1.807, 2.05) is 12.1 Å². The maximum absolute atomic E-state index is 10.1. The molecule has 2 aliphatic heterocycles. The maximum atomic E-state index is 10.1. The molecule has 0 amide bonds. The van der Waals surface area contributed by atoms with Crippen LogP contribution >= 0.6 is 11.6 Å². The first-order chi connectivity index (χ1) is 13.0. The van der Waals surface area contributed by atoms with Gasteiger partial charge in [0.15, 0.2) is 5.41 Å². The molecule has 4 atom stereocenters. The van der Waals surface area contributed by atoms with E-state index in [0.717, 1.165) is 24.0 Å². The normalized spacial score (nSPS) is 31.3. The molecule has 3 aliphatic rings. The van der Waals surface area contributed by atoms with E-state index in [0.29, 0.717) is 10.6 Å². The maximum Gasteiger partial charge on any atom is 0.191 e. The summed E-state index contributed by atoms with van der Waals surface area (Å²) < 4.78 is 0. The van der Waals surface area contributed by atoms with Crippen molar-refractivity contribution in [3.8, 4) is 18.2 Å². The number of hydrogen-bond acceptors (Lipinski definition) is 5. The van der Waals surface area contributed by atoms with Gasteiger partial charge in [0.25, 0.3) is 0 Å². The molecule has 0 unspecified atom stereocenters. The lowest BCUT2D eigenvalue weighted by Crippen LogP contribution is -2.51. The van der Waals surface area contributed by atoms with Crippen LogP contribution in [0.2, 0.25) is 5.02 Å². The molecule has 0 spiro atoms. The molecule has 2 N–H and O–H groups in total. The molecule has 6 heteroatoms. The third-order valence-corrected chi connectivity index (χ3v) is 6.67. The smallest absolute Gasteiger partial charge is 0.191 e. The molecule has 2 bridgehead atoms. The minimum Gasteiger partial charge on any atom is -0.399 e. The number of benzene rings is 1. The van der Waals surface area contributed by atoms with Crippen molar-refractivity contribution in [2.45, 2.75) is 30.8 Å². The number of rotatable bonds is 1. The SMILES string of the molecule is CN1[C@@H]2CC[C@@H]1C=C1C(C#N)=C(N)C(C#N)(C#N)[C@H](c3cccc(Cl)c3)[C@@H]12. The van der Waals surface area contributed by atoms with Crippen LogP contribution in [0.25, 0.3) is 0 Å². The van der Waals surface area contributed by atoms with Crippen molar-refractivity contribution >= 4 is 11.6 Å². The van der Waals surface area contributed by atoms with Crippen molar-refractivity contribution in [1.82, 2.24) is 4.90 Å². The van der Waals surface area contributed by atoms with Gasteiger partial charge in [0.05, 0.1) is 23.4 Å². The Hall–Kier alpha value is -2.78. The van der Waals surface area contributed by atoms with Crippen molar-refractivity contribution < 1.29 is 0 Å². The summed E-state index contributed by atoms with van der Waals surface area (Å²) in [7, 11) is 2.07. The Labute approximate surface area is 163 Å². The molecule has 2 heterocycles. The number of hydrogen-bond donors (Lipinski definition) is 1. The van der Waals surface area contributed by atoms with Gasteiger partial charge in [-0.15, -0.1) is 0 Å². The van der Waals surface area contributed by atoms with Crippen molar-refractivity contribution in [3.63, 3.8) is 0 Å². The molecular weight excluding hydrogens is 358 g/mol. The number of nitrogens with zero attached hydrogens (tertiary/aromatic N) is 4. The van der Waals surface area contributed by atoms with E-state index in [1.54, 1.807) is 12.1 Å². The van der Waals surface area contributed by atoms with Gasteiger partial charge in [-0.3, -0.25) is 4.90 Å². The second kappa shape index (κ2) is 6.14. The van der Waals surface area contributed by atoms with Crippen molar-refractivity contribution in [1.29, 1.82) is 15.8 Å². The van der Waals surface area contributed by atoms with Crippen molar-refractivity contribution in [2.75, 3.05) is 7.05 Å². The fourth-order valence-electron chi connectivity index (χ4n) is 5.16. The van der Waals surface area contributed by atoms with Crippen LogP contribution in [0.1, 0.15) is 24.3 Å². The van der Waals surface area contributed by atoms with Crippen molar-refractivity contribution in [3.05, 3.63) is 57.8 Å². The van der Waals surface area contributed by atoms with Crippen LogP contribution < -0.4 is 5.73 Å². The van der Waals surface area contributed by atoms with Gasteiger partial charge >= 0.3 is 0 Å². The third kappa shape index (κ3) is 2.25. The van der Waals surface area contributed by atoms with E-state index in [2.05, 4.69) is 36.2 Å². The quantitative estimate of drug-likeness (QED) is 0.812. The lowest BCUT2D eigenvalue weighted by atomic mass is 9.56. The molecule has 0 radical (unpaired) electrons. The Morgan fingerprint density at radius 2 is 1.96 bits per heavy atom. The van der Waals surface area contributed by atoms with E-state index in [9.17, 15) is 15.8 Å².